The van der Waals surface area contributed by atoms with Gasteiger partial charge in [0.1, 0.15) is 0 Å². The summed E-state index contributed by atoms with van der Waals surface area (Å²) in [6, 6.07) is 1.82. The molecule has 94 valence electrons. The van der Waals surface area contributed by atoms with Gasteiger partial charge in [-0.3, -0.25) is 0 Å². The number of hydrogen-bond acceptors (Lipinski definition) is 3. The van der Waals surface area contributed by atoms with Crippen molar-refractivity contribution in [2.24, 2.45) is 13.0 Å². The molecule has 0 spiro atoms. The smallest absolute Gasteiger partial charge is 0.244 e. The molecule has 2 saturated heterocycles. The van der Waals surface area contributed by atoms with Crippen LogP contribution in [-0.2, 0) is 17.1 Å². The second-order valence-corrected chi connectivity index (χ2v) is 6.79. The molecule has 1 aromatic heterocycles. The van der Waals surface area contributed by atoms with Gasteiger partial charge in [-0.2, -0.15) is 4.31 Å². The first-order valence-electron chi connectivity index (χ1n) is 5.93. The third-order valence-electron chi connectivity index (χ3n) is 3.81. The van der Waals surface area contributed by atoms with Crippen LogP contribution in [0.5, 0.6) is 0 Å². The molecule has 0 radical (unpaired) electrons. The van der Waals surface area contributed by atoms with Gasteiger partial charge in [0.05, 0.1) is 4.90 Å². The molecule has 17 heavy (non-hydrogen) atoms. The Labute approximate surface area is 101 Å². The fourth-order valence-electron chi connectivity index (χ4n) is 2.87. The first-order valence-corrected chi connectivity index (χ1v) is 7.37. The van der Waals surface area contributed by atoms with Crippen molar-refractivity contribution in [2.75, 3.05) is 19.6 Å². The number of aromatic nitrogens is 1. The molecular weight excluding hydrogens is 238 g/mol. The Kier molecular flexibility index (Phi) is 2.53. The van der Waals surface area contributed by atoms with Crippen molar-refractivity contribution >= 4 is 10.0 Å². The minimum absolute atomic E-state index is 0.153. The Balaban J connectivity index is 1.93. The van der Waals surface area contributed by atoms with Crippen LogP contribution in [0.3, 0.4) is 0 Å². The summed E-state index contributed by atoms with van der Waals surface area (Å²) >= 11 is 0. The average molecular weight is 255 g/mol. The van der Waals surface area contributed by atoms with Gasteiger partial charge in [-0.05, 0) is 24.9 Å². The van der Waals surface area contributed by atoms with E-state index < -0.39 is 10.0 Å². The zero-order valence-corrected chi connectivity index (χ0v) is 10.7. The van der Waals surface area contributed by atoms with Gasteiger partial charge < -0.3 is 9.88 Å². The molecule has 0 aliphatic carbocycles. The first-order chi connectivity index (χ1) is 8.09. The molecule has 3 heterocycles. The van der Waals surface area contributed by atoms with Gasteiger partial charge in [-0.25, -0.2) is 8.42 Å². The second-order valence-electron chi connectivity index (χ2n) is 4.90. The number of rotatable bonds is 2. The van der Waals surface area contributed by atoms with Crippen LogP contribution in [0.2, 0.25) is 0 Å². The van der Waals surface area contributed by atoms with Crippen LogP contribution in [0.1, 0.15) is 6.42 Å². The molecule has 3 rings (SSSR count). The minimum Gasteiger partial charge on any atom is -0.356 e. The maximum Gasteiger partial charge on any atom is 0.244 e. The monoisotopic (exact) mass is 255 g/mol. The highest BCUT2D eigenvalue weighted by molar-refractivity contribution is 7.89. The highest BCUT2D eigenvalue weighted by Gasteiger charge is 2.43. The molecule has 2 fully saturated rings. The highest BCUT2D eigenvalue weighted by atomic mass is 32.2. The normalized spacial score (nSPS) is 29.7. The molecule has 5 nitrogen and oxygen atoms in total. The summed E-state index contributed by atoms with van der Waals surface area (Å²) in [6.45, 7) is 2.40. The molecule has 6 heteroatoms. The average Bonchev–Trinajstić information content (AvgIpc) is 2.89. The van der Waals surface area contributed by atoms with Gasteiger partial charge in [0.25, 0.3) is 0 Å². The SMILES string of the molecule is Cn1ccc(S(=O)(=O)N2CC[C@H]3CNC[C@H]32)c1. The van der Waals surface area contributed by atoms with Crippen molar-refractivity contribution in [3.63, 3.8) is 0 Å². The number of nitrogens with one attached hydrogen (secondary N) is 1. The molecule has 1 aromatic rings. The van der Waals surface area contributed by atoms with Crippen molar-refractivity contribution in [1.29, 1.82) is 0 Å². The lowest BCUT2D eigenvalue weighted by atomic mass is 10.1. The van der Waals surface area contributed by atoms with Crippen LogP contribution < -0.4 is 5.32 Å². The molecule has 0 amide bonds. The Morgan fingerprint density at radius 2 is 2.24 bits per heavy atom. The van der Waals surface area contributed by atoms with Crippen LogP contribution >= 0.6 is 0 Å². The fraction of sp³-hybridized carbons (Fsp3) is 0.636. The topological polar surface area (TPSA) is 54.3 Å². The molecule has 0 aromatic carbocycles. The van der Waals surface area contributed by atoms with Crippen molar-refractivity contribution in [2.45, 2.75) is 17.4 Å². The predicted octanol–water partition coefficient (Wildman–Crippen LogP) is 0.00750. The molecule has 2 aliphatic rings. The Morgan fingerprint density at radius 3 is 2.94 bits per heavy atom. The van der Waals surface area contributed by atoms with Gasteiger partial charge in [0, 0.05) is 38.6 Å². The first kappa shape index (κ1) is 11.3. The van der Waals surface area contributed by atoms with Crippen molar-refractivity contribution < 1.29 is 8.42 Å². The standard InChI is InChI=1S/C11H17N3O2S/c1-13-4-3-10(8-13)17(15,16)14-5-2-9-6-12-7-11(9)14/h3-4,8-9,11-12H,2,5-7H2,1H3/t9-,11+/m0/s1. The van der Waals surface area contributed by atoms with Gasteiger partial charge in [0.2, 0.25) is 10.0 Å². The zero-order valence-electron chi connectivity index (χ0n) is 9.83. The Hall–Kier alpha value is -0.850. The quantitative estimate of drug-likeness (QED) is 0.810. The Morgan fingerprint density at radius 1 is 1.41 bits per heavy atom. The molecule has 2 atom stereocenters. The van der Waals surface area contributed by atoms with Crippen molar-refractivity contribution in [1.82, 2.24) is 14.2 Å². The number of fused-ring (bicyclic) bond motifs is 1. The summed E-state index contributed by atoms with van der Waals surface area (Å²) in [5.41, 5.74) is 0. The lowest BCUT2D eigenvalue weighted by Gasteiger charge is -2.22. The van der Waals surface area contributed by atoms with E-state index >= 15 is 0 Å². The van der Waals surface area contributed by atoms with E-state index in [-0.39, 0.29) is 6.04 Å². The third-order valence-corrected chi connectivity index (χ3v) is 5.71. The van der Waals surface area contributed by atoms with Gasteiger partial charge in [-0.15, -0.1) is 0 Å². The summed E-state index contributed by atoms with van der Waals surface area (Å²) in [7, 11) is -1.46. The van der Waals surface area contributed by atoms with Crippen molar-refractivity contribution in [3.8, 4) is 0 Å². The summed E-state index contributed by atoms with van der Waals surface area (Å²) < 4.78 is 28.4. The largest absolute Gasteiger partial charge is 0.356 e. The van der Waals surface area contributed by atoms with Crippen LogP contribution in [-0.4, -0.2) is 43.0 Å². The summed E-state index contributed by atoms with van der Waals surface area (Å²) in [4.78, 5) is 0.410. The third kappa shape index (κ3) is 1.71. The lowest BCUT2D eigenvalue weighted by molar-refractivity contribution is 0.383. The Bertz CT molecular complexity index is 523. The molecule has 2 aliphatic heterocycles. The number of nitrogens with zero attached hydrogens (tertiary/aromatic N) is 2. The lowest BCUT2D eigenvalue weighted by Crippen LogP contribution is -2.38. The van der Waals surface area contributed by atoms with E-state index in [9.17, 15) is 8.42 Å². The molecule has 0 saturated carbocycles. The van der Waals surface area contributed by atoms with Crippen LogP contribution in [0, 0.1) is 5.92 Å². The van der Waals surface area contributed by atoms with E-state index in [4.69, 9.17) is 0 Å². The van der Waals surface area contributed by atoms with Gasteiger partial charge in [-0.1, -0.05) is 0 Å². The second kappa shape index (κ2) is 3.83. The van der Waals surface area contributed by atoms with Gasteiger partial charge in [0.15, 0.2) is 0 Å². The summed E-state index contributed by atoms with van der Waals surface area (Å²) in [5.74, 6) is 0.494. The zero-order chi connectivity index (χ0) is 12.0. The summed E-state index contributed by atoms with van der Waals surface area (Å²) in [5, 5.41) is 3.27. The molecule has 1 N–H and O–H groups in total. The van der Waals surface area contributed by atoms with E-state index in [2.05, 4.69) is 5.32 Å². The van der Waals surface area contributed by atoms with Crippen LogP contribution in [0.15, 0.2) is 23.4 Å². The number of hydrogen-bond donors (Lipinski definition) is 1. The molecular formula is C11H17N3O2S. The molecule has 0 unspecified atom stereocenters. The number of aryl methyl sites for hydroxylation is 1. The maximum absolute atomic E-state index is 12.5. The van der Waals surface area contributed by atoms with E-state index in [1.54, 1.807) is 27.3 Å². The molecule has 0 bridgehead atoms. The van der Waals surface area contributed by atoms with E-state index in [1.807, 2.05) is 7.05 Å². The van der Waals surface area contributed by atoms with Gasteiger partial charge >= 0.3 is 0 Å². The van der Waals surface area contributed by atoms with Crippen LogP contribution in [0.4, 0.5) is 0 Å². The van der Waals surface area contributed by atoms with E-state index in [0.717, 1.165) is 19.5 Å². The fourth-order valence-corrected chi connectivity index (χ4v) is 4.63. The number of sulfonamides is 1. The van der Waals surface area contributed by atoms with E-state index in [1.165, 1.54) is 0 Å². The minimum atomic E-state index is -3.30. The maximum atomic E-state index is 12.5. The highest BCUT2D eigenvalue weighted by Crippen LogP contribution is 2.32. The van der Waals surface area contributed by atoms with Crippen molar-refractivity contribution in [3.05, 3.63) is 18.5 Å². The van der Waals surface area contributed by atoms with Crippen LogP contribution in [0.25, 0.3) is 0 Å². The summed E-state index contributed by atoms with van der Waals surface area (Å²) in [6.07, 6.45) is 4.42. The predicted molar refractivity (Wildman–Crippen MR) is 64.1 cm³/mol. The van der Waals surface area contributed by atoms with E-state index in [0.29, 0.717) is 17.4 Å².